The van der Waals surface area contributed by atoms with Gasteiger partial charge in [0.15, 0.2) is 0 Å². The Balaban J connectivity index is 1.83. The highest BCUT2D eigenvalue weighted by molar-refractivity contribution is 5.90. The van der Waals surface area contributed by atoms with Crippen molar-refractivity contribution in [3.8, 4) is 5.69 Å². The molecule has 1 heterocycles. The van der Waals surface area contributed by atoms with E-state index in [4.69, 9.17) is 4.74 Å². The van der Waals surface area contributed by atoms with Gasteiger partial charge in [-0.25, -0.2) is 4.79 Å². The number of para-hydroxylation sites is 1. The number of ether oxygens (including phenoxy) is 1. The number of nitrogens with zero attached hydrogens (tertiary/aromatic N) is 2. The number of aryl methyl sites for hydroxylation is 1. The predicted molar refractivity (Wildman–Crippen MR) is 100 cm³/mol. The van der Waals surface area contributed by atoms with E-state index >= 15 is 0 Å². The van der Waals surface area contributed by atoms with Crippen molar-refractivity contribution in [2.45, 2.75) is 13.8 Å². The molecule has 126 valence electrons. The third-order valence-electron chi connectivity index (χ3n) is 3.84. The van der Waals surface area contributed by atoms with E-state index in [0.29, 0.717) is 12.2 Å². The Kier molecular flexibility index (Phi) is 5.09. The molecule has 0 unspecified atom stereocenters. The van der Waals surface area contributed by atoms with E-state index in [-0.39, 0.29) is 5.97 Å². The van der Waals surface area contributed by atoms with E-state index in [0.717, 1.165) is 22.8 Å². The minimum atomic E-state index is -0.313. The summed E-state index contributed by atoms with van der Waals surface area (Å²) in [6, 6.07) is 21.4. The standard InChI is InChI=1S/C21H20N2O2/c1-3-25-21(24)17-10-12-18(13-11-17)22-15-20-14-9-16(2)23(20)19-7-5-4-6-8-19/h4-15H,3H2,1-2H3. The van der Waals surface area contributed by atoms with Crippen molar-refractivity contribution in [3.05, 3.63) is 83.7 Å². The van der Waals surface area contributed by atoms with E-state index in [9.17, 15) is 4.79 Å². The Morgan fingerprint density at radius 1 is 1.04 bits per heavy atom. The topological polar surface area (TPSA) is 43.6 Å². The molecule has 0 aliphatic rings. The molecule has 0 saturated carbocycles. The molecule has 4 nitrogen and oxygen atoms in total. The molecule has 1 aromatic heterocycles. The molecule has 3 rings (SSSR count). The zero-order chi connectivity index (χ0) is 17.6. The van der Waals surface area contributed by atoms with Gasteiger partial charge in [-0.3, -0.25) is 4.99 Å². The lowest BCUT2D eigenvalue weighted by atomic mass is 10.2. The first-order valence-electron chi connectivity index (χ1n) is 8.24. The maximum atomic E-state index is 11.7. The molecular weight excluding hydrogens is 312 g/mol. The molecule has 0 radical (unpaired) electrons. The van der Waals surface area contributed by atoms with Gasteiger partial charge in [-0.2, -0.15) is 0 Å². The lowest BCUT2D eigenvalue weighted by molar-refractivity contribution is 0.0526. The molecule has 3 aromatic rings. The highest BCUT2D eigenvalue weighted by atomic mass is 16.5. The van der Waals surface area contributed by atoms with Gasteiger partial charge < -0.3 is 9.30 Å². The summed E-state index contributed by atoms with van der Waals surface area (Å²) >= 11 is 0. The van der Waals surface area contributed by atoms with Crippen molar-refractivity contribution in [1.29, 1.82) is 0 Å². The molecule has 0 aliphatic heterocycles. The van der Waals surface area contributed by atoms with Crippen LogP contribution in [0.3, 0.4) is 0 Å². The molecule has 0 aliphatic carbocycles. The predicted octanol–water partition coefficient (Wildman–Crippen LogP) is 4.71. The molecule has 0 bridgehead atoms. The van der Waals surface area contributed by atoms with Crippen molar-refractivity contribution in [2.75, 3.05) is 6.61 Å². The molecule has 4 heteroatoms. The molecule has 25 heavy (non-hydrogen) atoms. The van der Waals surface area contributed by atoms with Crippen LogP contribution < -0.4 is 0 Å². The number of hydrogen-bond acceptors (Lipinski definition) is 3. The van der Waals surface area contributed by atoms with Gasteiger partial charge in [-0.1, -0.05) is 18.2 Å². The van der Waals surface area contributed by atoms with Crippen molar-refractivity contribution in [3.63, 3.8) is 0 Å². The fraction of sp³-hybridized carbons (Fsp3) is 0.143. The van der Waals surface area contributed by atoms with Crippen LogP contribution in [-0.2, 0) is 4.74 Å². The van der Waals surface area contributed by atoms with Crippen molar-refractivity contribution in [1.82, 2.24) is 4.57 Å². The summed E-state index contributed by atoms with van der Waals surface area (Å²) in [6.07, 6.45) is 1.83. The van der Waals surface area contributed by atoms with Crippen LogP contribution in [-0.4, -0.2) is 23.4 Å². The quantitative estimate of drug-likeness (QED) is 0.501. The van der Waals surface area contributed by atoms with Crippen LogP contribution in [0.4, 0.5) is 5.69 Å². The smallest absolute Gasteiger partial charge is 0.338 e. The van der Waals surface area contributed by atoms with Crippen LogP contribution in [0, 0.1) is 6.92 Å². The van der Waals surface area contributed by atoms with E-state index < -0.39 is 0 Å². The molecule has 0 amide bonds. The van der Waals surface area contributed by atoms with Gasteiger partial charge in [0.1, 0.15) is 0 Å². The maximum Gasteiger partial charge on any atom is 0.338 e. The van der Waals surface area contributed by atoms with E-state index in [2.05, 4.69) is 34.7 Å². The number of aromatic nitrogens is 1. The summed E-state index contributed by atoms with van der Waals surface area (Å²) in [5.41, 5.74) is 4.56. The Morgan fingerprint density at radius 3 is 2.44 bits per heavy atom. The lowest BCUT2D eigenvalue weighted by Crippen LogP contribution is -2.03. The summed E-state index contributed by atoms with van der Waals surface area (Å²) in [4.78, 5) is 16.2. The first-order valence-corrected chi connectivity index (χ1v) is 8.24. The molecule has 0 spiro atoms. The Bertz CT molecular complexity index is 878. The highest BCUT2D eigenvalue weighted by Crippen LogP contribution is 2.18. The van der Waals surface area contributed by atoms with Gasteiger partial charge in [0.25, 0.3) is 0 Å². The minimum absolute atomic E-state index is 0.313. The normalized spacial score (nSPS) is 11.0. The Morgan fingerprint density at radius 2 is 1.76 bits per heavy atom. The zero-order valence-corrected chi connectivity index (χ0v) is 14.3. The summed E-state index contributed by atoms with van der Waals surface area (Å²) in [5.74, 6) is -0.313. The van der Waals surface area contributed by atoms with Gasteiger partial charge >= 0.3 is 5.97 Å². The van der Waals surface area contributed by atoms with Crippen molar-refractivity contribution >= 4 is 17.9 Å². The Hall–Kier alpha value is -3.14. The second-order valence-corrected chi connectivity index (χ2v) is 5.60. The molecule has 0 saturated heterocycles. The number of esters is 1. The largest absolute Gasteiger partial charge is 0.462 e. The molecular formula is C21H20N2O2. The van der Waals surface area contributed by atoms with Crippen LogP contribution in [0.5, 0.6) is 0 Å². The lowest BCUT2D eigenvalue weighted by Gasteiger charge is -2.08. The number of hydrogen-bond donors (Lipinski definition) is 0. The van der Waals surface area contributed by atoms with Crippen molar-refractivity contribution in [2.24, 2.45) is 4.99 Å². The first-order chi connectivity index (χ1) is 12.2. The monoisotopic (exact) mass is 332 g/mol. The third-order valence-corrected chi connectivity index (χ3v) is 3.84. The van der Waals surface area contributed by atoms with Gasteiger partial charge in [0.2, 0.25) is 0 Å². The van der Waals surface area contributed by atoms with Gasteiger partial charge in [-0.15, -0.1) is 0 Å². The zero-order valence-electron chi connectivity index (χ0n) is 14.3. The average Bonchev–Trinajstić information content (AvgIpc) is 3.02. The average molecular weight is 332 g/mol. The fourth-order valence-electron chi connectivity index (χ4n) is 2.63. The number of rotatable bonds is 5. The number of carbonyl (C=O) groups is 1. The fourth-order valence-corrected chi connectivity index (χ4v) is 2.63. The van der Waals surface area contributed by atoms with Crippen LogP contribution in [0.2, 0.25) is 0 Å². The second-order valence-electron chi connectivity index (χ2n) is 5.60. The van der Waals surface area contributed by atoms with Gasteiger partial charge in [0.05, 0.1) is 29.8 Å². The summed E-state index contributed by atoms with van der Waals surface area (Å²) in [5, 5.41) is 0. The highest BCUT2D eigenvalue weighted by Gasteiger charge is 2.06. The summed E-state index contributed by atoms with van der Waals surface area (Å²) in [7, 11) is 0. The number of aliphatic imine (C=N–C) groups is 1. The molecule has 0 fully saturated rings. The third kappa shape index (κ3) is 3.86. The number of benzene rings is 2. The number of carbonyl (C=O) groups excluding carboxylic acids is 1. The molecule has 2 aromatic carbocycles. The van der Waals surface area contributed by atoms with Crippen molar-refractivity contribution < 1.29 is 9.53 Å². The maximum absolute atomic E-state index is 11.7. The second kappa shape index (κ2) is 7.62. The summed E-state index contributed by atoms with van der Waals surface area (Å²) < 4.78 is 7.13. The van der Waals surface area contributed by atoms with Crippen LogP contribution in [0.15, 0.2) is 71.7 Å². The van der Waals surface area contributed by atoms with Crippen LogP contribution in [0.25, 0.3) is 5.69 Å². The van der Waals surface area contributed by atoms with E-state index in [1.54, 1.807) is 19.1 Å². The minimum Gasteiger partial charge on any atom is -0.462 e. The van der Waals surface area contributed by atoms with Crippen LogP contribution >= 0.6 is 0 Å². The van der Waals surface area contributed by atoms with E-state index in [1.807, 2.05) is 42.6 Å². The SMILES string of the molecule is CCOC(=O)c1ccc(N=Cc2ccc(C)n2-c2ccccc2)cc1. The summed E-state index contributed by atoms with van der Waals surface area (Å²) in [6.45, 7) is 4.23. The van der Waals surface area contributed by atoms with Gasteiger partial charge in [0, 0.05) is 11.4 Å². The van der Waals surface area contributed by atoms with Crippen LogP contribution in [0.1, 0.15) is 28.7 Å². The molecule has 0 atom stereocenters. The van der Waals surface area contributed by atoms with E-state index in [1.165, 1.54) is 0 Å². The molecule has 0 N–H and O–H groups in total. The van der Waals surface area contributed by atoms with Gasteiger partial charge in [-0.05, 0) is 62.4 Å². The Labute approximate surface area is 147 Å². The first kappa shape index (κ1) is 16.7.